The predicted molar refractivity (Wildman–Crippen MR) is 88.3 cm³/mol. The van der Waals surface area contributed by atoms with E-state index in [1.165, 1.54) is 35.2 Å². The first-order chi connectivity index (χ1) is 9.74. The number of hydrogen-bond donors (Lipinski definition) is 1. The van der Waals surface area contributed by atoms with E-state index < -0.39 is 0 Å². The molecule has 1 nitrogen and oxygen atoms in total. The second-order valence-corrected chi connectivity index (χ2v) is 5.37. The highest BCUT2D eigenvalue weighted by Crippen LogP contribution is 2.23. The molecule has 20 heavy (non-hydrogen) atoms. The van der Waals surface area contributed by atoms with E-state index in [-0.39, 0.29) is 0 Å². The second kappa shape index (κ2) is 7.14. The van der Waals surface area contributed by atoms with Gasteiger partial charge in [-0.15, -0.1) is 0 Å². The van der Waals surface area contributed by atoms with Crippen LogP contribution in [0.1, 0.15) is 49.9 Å². The number of hydrogen-bond acceptors (Lipinski definition) is 1. The first kappa shape index (κ1) is 14.6. The Morgan fingerprint density at radius 1 is 0.950 bits per heavy atom. The Bertz CT molecular complexity index is 528. The number of para-hydroxylation sites is 1. The molecule has 0 amide bonds. The van der Waals surface area contributed by atoms with E-state index in [0.717, 1.165) is 6.42 Å². The number of benzene rings is 2. The van der Waals surface area contributed by atoms with Crippen LogP contribution in [-0.4, -0.2) is 0 Å². The van der Waals surface area contributed by atoms with Gasteiger partial charge in [-0.25, -0.2) is 0 Å². The summed E-state index contributed by atoms with van der Waals surface area (Å²) in [5, 5.41) is 3.63. The van der Waals surface area contributed by atoms with Crippen molar-refractivity contribution in [2.75, 3.05) is 5.32 Å². The van der Waals surface area contributed by atoms with E-state index in [1.54, 1.807) is 0 Å². The highest BCUT2D eigenvalue weighted by atomic mass is 14.9. The standard InChI is InChI=1S/C19H25N/c1-4-8-16-11-13-18(14-12-16)15(3)20-19-10-7-6-9-17(19)5-2/h6-7,9-15,20H,4-5,8H2,1-3H3. The Morgan fingerprint density at radius 3 is 2.30 bits per heavy atom. The minimum atomic E-state index is 0.332. The van der Waals surface area contributed by atoms with Gasteiger partial charge in [0.15, 0.2) is 0 Å². The third-order valence-corrected chi connectivity index (χ3v) is 3.79. The molecule has 0 aliphatic rings. The lowest BCUT2D eigenvalue weighted by molar-refractivity contribution is 0.872. The van der Waals surface area contributed by atoms with E-state index in [9.17, 15) is 0 Å². The lowest BCUT2D eigenvalue weighted by atomic mass is 10.0. The van der Waals surface area contributed by atoms with Crippen molar-refractivity contribution in [3.05, 3.63) is 65.2 Å². The summed E-state index contributed by atoms with van der Waals surface area (Å²) in [6.07, 6.45) is 3.43. The van der Waals surface area contributed by atoms with Crippen LogP contribution in [0.3, 0.4) is 0 Å². The molecule has 2 aromatic rings. The Labute approximate surface area is 123 Å². The van der Waals surface area contributed by atoms with Crippen LogP contribution in [0.15, 0.2) is 48.5 Å². The lowest BCUT2D eigenvalue weighted by Crippen LogP contribution is -2.08. The summed E-state index contributed by atoms with van der Waals surface area (Å²) < 4.78 is 0. The fourth-order valence-corrected chi connectivity index (χ4v) is 2.55. The normalized spacial score (nSPS) is 12.2. The van der Waals surface area contributed by atoms with E-state index in [0.29, 0.717) is 6.04 Å². The molecule has 1 unspecified atom stereocenters. The average Bonchev–Trinajstić information content (AvgIpc) is 2.49. The molecule has 0 aromatic heterocycles. The molecule has 1 heteroatoms. The summed E-state index contributed by atoms with van der Waals surface area (Å²) in [4.78, 5) is 0. The minimum Gasteiger partial charge on any atom is -0.378 e. The summed E-state index contributed by atoms with van der Waals surface area (Å²) >= 11 is 0. The number of nitrogens with one attached hydrogen (secondary N) is 1. The fourth-order valence-electron chi connectivity index (χ4n) is 2.55. The number of anilines is 1. The van der Waals surface area contributed by atoms with E-state index in [4.69, 9.17) is 0 Å². The first-order valence-electron chi connectivity index (χ1n) is 7.67. The zero-order chi connectivity index (χ0) is 14.4. The van der Waals surface area contributed by atoms with Gasteiger partial charge in [-0.1, -0.05) is 62.7 Å². The van der Waals surface area contributed by atoms with Crippen LogP contribution in [0.4, 0.5) is 5.69 Å². The first-order valence-corrected chi connectivity index (χ1v) is 7.67. The lowest BCUT2D eigenvalue weighted by Gasteiger charge is -2.18. The maximum atomic E-state index is 3.63. The van der Waals surface area contributed by atoms with Gasteiger partial charge in [-0.3, -0.25) is 0 Å². The minimum absolute atomic E-state index is 0.332. The molecule has 0 saturated carbocycles. The number of aryl methyl sites for hydroxylation is 2. The van der Waals surface area contributed by atoms with Crippen LogP contribution in [0.5, 0.6) is 0 Å². The van der Waals surface area contributed by atoms with Gasteiger partial charge in [-0.05, 0) is 42.5 Å². The average molecular weight is 267 g/mol. The molecule has 0 saturated heterocycles. The summed E-state index contributed by atoms with van der Waals surface area (Å²) in [6.45, 7) is 6.64. The van der Waals surface area contributed by atoms with Gasteiger partial charge in [0, 0.05) is 11.7 Å². The fraction of sp³-hybridized carbons (Fsp3) is 0.368. The van der Waals surface area contributed by atoms with Gasteiger partial charge in [0.1, 0.15) is 0 Å². The van der Waals surface area contributed by atoms with Crippen LogP contribution in [0.2, 0.25) is 0 Å². The van der Waals surface area contributed by atoms with Crippen LogP contribution in [0.25, 0.3) is 0 Å². The summed E-state index contributed by atoms with van der Waals surface area (Å²) in [7, 11) is 0. The van der Waals surface area contributed by atoms with E-state index >= 15 is 0 Å². The molecular formula is C19H25N. The van der Waals surface area contributed by atoms with Crippen LogP contribution >= 0.6 is 0 Å². The summed E-state index contributed by atoms with van der Waals surface area (Å²) in [6, 6.07) is 17.9. The van der Waals surface area contributed by atoms with Crippen LogP contribution < -0.4 is 5.32 Å². The molecule has 2 rings (SSSR count). The SMILES string of the molecule is CCCc1ccc(C(C)Nc2ccccc2CC)cc1. The third-order valence-electron chi connectivity index (χ3n) is 3.79. The van der Waals surface area contributed by atoms with Gasteiger partial charge >= 0.3 is 0 Å². The smallest absolute Gasteiger partial charge is 0.0485 e. The monoisotopic (exact) mass is 267 g/mol. The molecule has 0 aliphatic heterocycles. The Balaban J connectivity index is 2.09. The van der Waals surface area contributed by atoms with Gasteiger partial charge < -0.3 is 5.32 Å². The number of rotatable bonds is 6. The van der Waals surface area contributed by atoms with Crippen molar-refractivity contribution < 1.29 is 0 Å². The molecule has 1 N–H and O–H groups in total. The van der Waals surface area contributed by atoms with Crippen LogP contribution in [0, 0.1) is 0 Å². The van der Waals surface area contributed by atoms with Crippen LogP contribution in [-0.2, 0) is 12.8 Å². The largest absolute Gasteiger partial charge is 0.378 e. The predicted octanol–water partition coefficient (Wildman–Crippen LogP) is 5.37. The van der Waals surface area contributed by atoms with Crippen molar-refractivity contribution in [1.29, 1.82) is 0 Å². The molecule has 0 fully saturated rings. The molecule has 0 radical (unpaired) electrons. The molecule has 0 aliphatic carbocycles. The zero-order valence-electron chi connectivity index (χ0n) is 12.8. The maximum absolute atomic E-state index is 3.63. The maximum Gasteiger partial charge on any atom is 0.0485 e. The molecular weight excluding hydrogens is 242 g/mol. The highest BCUT2D eigenvalue weighted by Gasteiger charge is 2.07. The van der Waals surface area contributed by atoms with Crippen molar-refractivity contribution in [1.82, 2.24) is 0 Å². The van der Waals surface area contributed by atoms with Crippen molar-refractivity contribution in [3.63, 3.8) is 0 Å². The molecule has 0 heterocycles. The van der Waals surface area contributed by atoms with E-state index in [1.807, 2.05) is 0 Å². The molecule has 106 valence electrons. The molecule has 0 spiro atoms. The van der Waals surface area contributed by atoms with Gasteiger partial charge in [-0.2, -0.15) is 0 Å². The van der Waals surface area contributed by atoms with Crippen molar-refractivity contribution in [2.24, 2.45) is 0 Å². The van der Waals surface area contributed by atoms with Gasteiger partial charge in [0.2, 0.25) is 0 Å². The van der Waals surface area contributed by atoms with Crippen molar-refractivity contribution in [2.45, 2.75) is 46.1 Å². The summed E-state index contributed by atoms with van der Waals surface area (Å²) in [5.74, 6) is 0. The molecule has 2 aromatic carbocycles. The van der Waals surface area contributed by atoms with Crippen molar-refractivity contribution >= 4 is 5.69 Å². The quantitative estimate of drug-likeness (QED) is 0.741. The van der Waals surface area contributed by atoms with Gasteiger partial charge in [0.25, 0.3) is 0 Å². The molecule has 1 atom stereocenters. The molecule has 0 bridgehead atoms. The zero-order valence-corrected chi connectivity index (χ0v) is 12.8. The van der Waals surface area contributed by atoms with Gasteiger partial charge in [0.05, 0.1) is 0 Å². The Kier molecular flexibility index (Phi) is 5.23. The Hall–Kier alpha value is -1.76. The van der Waals surface area contributed by atoms with E-state index in [2.05, 4.69) is 74.6 Å². The summed E-state index contributed by atoms with van der Waals surface area (Å²) in [5.41, 5.74) is 5.40. The third kappa shape index (κ3) is 3.63. The highest BCUT2D eigenvalue weighted by molar-refractivity contribution is 5.52. The topological polar surface area (TPSA) is 12.0 Å². The van der Waals surface area contributed by atoms with Crippen molar-refractivity contribution in [3.8, 4) is 0 Å². The Morgan fingerprint density at radius 2 is 1.65 bits per heavy atom. The second-order valence-electron chi connectivity index (χ2n) is 5.37.